The second-order valence-corrected chi connectivity index (χ2v) is 8.23. The standard InChI is InChI=1S/C20H26N4O4.ClH/c1-12-9-13(4-7-17(12)24(27)28)20(26)23-8-2-3-18(23)19(25)22-16-10-14-5-6-15(11-16)21-14;/h4,7,9,14-16,18,21H,2-3,5-6,8,10-11H2,1H3,(H,22,25);1H. The number of hydrogen-bond donors (Lipinski definition) is 2. The van der Waals surface area contributed by atoms with Crippen molar-refractivity contribution >= 4 is 29.9 Å². The van der Waals surface area contributed by atoms with E-state index in [-0.39, 0.29) is 36.0 Å². The minimum Gasteiger partial charge on any atom is -0.351 e. The van der Waals surface area contributed by atoms with Crippen molar-refractivity contribution in [2.45, 2.75) is 69.6 Å². The number of hydrogen-bond acceptors (Lipinski definition) is 5. The number of rotatable bonds is 4. The molecule has 2 N–H and O–H groups in total. The molecule has 0 aromatic heterocycles. The number of likely N-dealkylation sites (tertiary alicyclic amines) is 1. The van der Waals surface area contributed by atoms with E-state index < -0.39 is 11.0 Å². The first-order valence-electron chi connectivity index (χ1n) is 10.0. The molecule has 8 nitrogen and oxygen atoms in total. The number of carbonyl (C=O) groups excluding carboxylic acids is 2. The van der Waals surface area contributed by atoms with E-state index in [0.717, 1.165) is 19.3 Å². The van der Waals surface area contributed by atoms with E-state index in [1.165, 1.54) is 31.0 Å². The van der Waals surface area contributed by atoms with Crippen LogP contribution in [0.5, 0.6) is 0 Å². The third-order valence-electron chi connectivity index (χ3n) is 6.28. The second kappa shape index (κ2) is 8.67. The van der Waals surface area contributed by atoms with Crippen LogP contribution in [0.3, 0.4) is 0 Å². The molecule has 3 atom stereocenters. The number of fused-ring (bicyclic) bond motifs is 2. The first-order valence-corrected chi connectivity index (χ1v) is 10.0. The summed E-state index contributed by atoms with van der Waals surface area (Å²) in [5.74, 6) is -0.309. The summed E-state index contributed by atoms with van der Waals surface area (Å²) in [6.07, 6.45) is 5.68. The molecule has 4 rings (SSSR count). The quantitative estimate of drug-likeness (QED) is 0.572. The second-order valence-electron chi connectivity index (χ2n) is 8.23. The highest BCUT2D eigenvalue weighted by molar-refractivity contribution is 5.98. The van der Waals surface area contributed by atoms with Gasteiger partial charge in [0.25, 0.3) is 11.6 Å². The molecular formula is C20H27ClN4O4. The van der Waals surface area contributed by atoms with Crippen LogP contribution in [0.2, 0.25) is 0 Å². The number of halogens is 1. The van der Waals surface area contributed by atoms with Crippen molar-refractivity contribution < 1.29 is 14.5 Å². The Bertz CT molecular complexity index is 806. The zero-order valence-electron chi connectivity index (χ0n) is 16.4. The zero-order valence-corrected chi connectivity index (χ0v) is 17.2. The van der Waals surface area contributed by atoms with Crippen LogP contribution in [0.1, 0.15) is 54.4 Å². The molecule has 3 aliphatic rings. The fourth-order valence-electron chi connectivity index (χ4n) is 4.91. The Morgan fingerprint density at radius 2 is 1.90 bits per heavy atom. The Labute approximate surface area is 176 Å². The summed E-state index contributed by atoms with van der Waals surface area (Å²) < 4.78 is 0. The van der Waals surface area contributed by atoms with E-state index in [1.807, 2.05) is 0 Å². The molecule has 3 saturated heterocycles. The van der Waals surface area contributed by atoms with Gasteiger partial charge in [-0.15, -0.1) is 12.4 Å². The van der Waals surface area contributed by atoms with Gasteiger partial charge in [-0.05, 0) is 57.6 Å². The summed E-state index contributed by atoms with van der Waals surface area (Å²) in [6.45, 7) is 2.15. The van der Waals surface area contributed by atoms with Crippen LogP contribution in [0.15, 0.2) is 18.2 Å². The van der Waals surface area contributed by atoms with Crippen molar-refractivity contribution in [2.75, 3.05) is 6.54 Å². The Morgan fingerprint density at radius 3 is 2.52 bits per heavy atom. The monoisotopic (exact) mass is 422 g/mol. The number of nitrogens with one attached hydrogen (secondary N) is 2. The third-order valence-corrected chi connectivity index (χ3v) is 6.28. The molecule has 2 amide bonds. The minimum atomic E-state index is -0.462. The molecule has 0 radical (unpaired) electrons. The van der Waals surface area contributed by atoms with Crippen molar-refractivity contribution in [1.82, 2.24) is 15.5 Å². The van der Waals surface area contributed by atoms with Crippen LogP contribution in [0.4, 0.5) is 5.69 Å². The molecule has 3 fully saturated rings. The molecule has 0 aliphatic carbocycles. The zero-order chi connectivity index (χ0) is 19.8. The van der Waals surface area contributed by atoms with Gasteiger partial charge >= 0.3 is 0 Å². The molecule has 1 aromatic carbocycles. The molecule has 29 heavy (non-hydrogen) atoms. The molecule has 3 heterocycles. The highest BCUT2D eigenvalue weighted by atomic mass is 35.5. The van der Waals surface area contributed by atoms with Gasteiger partial charge in [0, 0.05) is 41.9 Å². The van der Waals surface area contributed by atoms with Crippen molar-refractivity contribution in [1.29, 1.82) is 0 Å². The third kappa shape index (κ3) is 4.38. The van der Waals surface area contributed by atoms with Crippen LogP contribution >= 0.6 is 12.4 Å². The predicted molar refractivity (Wildman–Crippen MR) is 110 cm³/mol. The molecule has 0 saturated carbocycles. The summed E-state index contributed by atoms with van der Waals surface area (Å²) in [4.78, 5) is 38.0. The number of amides is 2. The summed E-state index contributed by atoms with van der Waals surface area (Å²) in [6, 6.07) is 5.07. The molecule has 158 valence electrons. The van der Waals surface area contributed by atoms with Crippen LogP contribution in [-0.2, 0) is 4.79 Å². The number of nitrogens with zero attached hydrogens (tertiary/aromatic N) is 2. The first kappa shape index (κ1) is 21.5. The average Bonchev–Trinajstić information content (AvgIpc) is 3.27. The minimum absolute atomic E-state index is 0. The molecule has 9 heteroatoms. The topological polar surface area (TPSA) is 105 Å². The van der Waals surface area contributed by atoms with E-state index in [9.17, 15) is 19.7 Å². The fraction of sp³-hybridized carbons (Fsp3) is 0.600. The van der Waals surface area contributed by atoms with Gasteiger partial charge in [-0.25, -0.2) is 0 Å². The van der Waals surface area contributed by atoms with E-state index in [1.54, 1.807) is 11.8 Å². The lowest BCUT2D eigenvalue weighted by Gasteiger charge is -2.32. The maximum absolute atomic E-state index is 13.0. The average molecular weight is 423 g/mol. The Kier molecular flexibility index (Phi) is 6.43. The fourth-order valence-corrected chi connectivity index (χ4v) is 4.91. The van der Waals surface area contributed by atoms with E-state index in [0.29, 0.717) is 36.2 Å². The maximum atomic E-state index is 13.0. The smallest absolute Gasteiger partial charge is 0.272 e. The van der Waals surface area contributed by atoms with Crippen molar-refractivity contribution in [3.8, 4) is 0 Å². The van der Waals surface area contributed by atoms with Gasteiger partial charge in [-0.1, -0.05) is 0 Å². The Balaban J connectivity index is 0.00000240. The summed E-state index contributed by atoms with van der Waals surface area (Å²) in [5, 5.41) is 17.7. The van der Waals surface area contributed by atoms with Gasteiger partial charge in [0.1, 0.15) is 6.04 Å². The van der Waals surface area contributed by atoms with Crippen molar-refractivity contribution in [3.05, 3.63) is 39.4 Å². The number of nitro benzene ring substituents is 1. The van der Waals surface area contributed by atoms with Gasteiger partial charge in [-0.2, -0.15) is 0 Å². The van der Waals surface area contributed by atoms with Gasteiger partial charge in [-0.3, -0.25) is 19.7 Å². The van der Waals surface area contributed by atoms with E-state index >= 15 is 0 Å². The van der Waals surface area contributed by atoms with Crippen molar-refractivity contribution in [3.63, 3.8) is 0 Å². The molecule has 3 unspecified atom stereocenters. The molecule has 3 aliphatic heterocycles. The maximum Gasteiger partial charge on any atom is 0.272 e. The van der Waals surface area contributed by atoms with Crippen molar-refractivity contribution in [2.24, 2.45) is 0 Å². The van der Waals surface area contributed by atoms with Crippen LogP contribution in [-0.4, -0.2) is 52.3 Å². The highest BCUT2D eigenvalue weighted by Crippen LogP contribution is 2.28. The molecular weight excluding hydrogens is 396 g/mol. The Hall–Kier alpha value is -2.19. The normalized spacial score (nSPS) is 28.0. The summed E-state index contributed by atoms with van der Waals surface area (Å²) in [7, 11) is 0. The first-order chi connectivity index (χ1) is 13.4. The Morgan fingerprint density at radius 1 is 1.21 bits per heavy atom. The number of carbonyl (C=O) groups is 2. The number of benzene rings is 1. The van der Waals surface area contributed by atoms with E-state index in [2.05, 4.69) is 10.6 Å². The van der Waals surface area contributed by atoms with Crippen LogP contribution < -0.4 is 10.6 Å². The SMILES string of the molecule is Cc1cc(C(=O)N2CCCC2C(=O)NC2CC3CCC(C2)N3)ccc1[N+](=O)[O-].Cl. The number of nitro groups is 1. The van der Waals surface area contributed by atoms with Crippen LogP contribution in [0, 0.1) is 17.0 Å². The molecule has 0 spiro atoms. The van der Waals surface area contributed by atoms with Gasteiger partial charge in [0.2, 0.25) is 5.91 Å². The summed E-state index contributed by atoms with van der Waals surface area (Å²) in [5.41, 5.74) is 0.830. The van der Waals surface area contributed by atoms with Gasteiger partial charge < -0.3 is 15.5 Å². The number of aryl methyl sites for hydroxylation is 1. The van der Waals surface area contributed by atoms with Gasteiger partial charge in [0.05, 0.1) is 4.92 Å². The summed E-state index contributed by atoms with van der Waals surface area (Å²) >= 11 is 0. The lowest BCUT2D eigenvalue weighted by Crippen LogP contribution is -2.53. The highest BCUT2D eigenvalue weighted by Gasteiger charge is 2.38. The predicted octanol–water partition coefficient (Wildman–Crippen LogP) is 2.33. The van der Waals surface area contributed by atoms with E-state index in [4.69, 9.17) is 0 Å². The van der Waals surface area contributed by atoms with Gasteiger partial charge in [0.15, 0.2) is 0 Å². The lowest BCUT2D eigenvalue weighted by molar-refractivity contribution is -0.385. The largest absolute Gasteiger partial charge is 0.351 e. The molecule has 2 bridgehead atoms. The van der Waals surface area contributed by atoms with Crippen LogP contribution in [0.25, 0.3) is 0 Å². The number of piperidine rings is 1. The molecule has 1 aromatic rings. The lowest BCUT2D eigenvalue weighted by atomic mass is 9.99.